The van der Waals surface area contributed by atoms with Crippen LogP contribution < -0.4 is 16.0 Å². The number of carbonyl (C=O) groups is 3. The van der Waals surface area contributed by atoms with Crippen molar-refractivity contribution in [2.75, 3.05) is 31.5 Å². The lowest BCUT2D eigenvalue weighted by Gasteiger charge is -2.36. The van der Waals surface area contributed by atoms with Crippen molar-refractivity contribution in [1.29, 1.82) is 0 Å². The van der Waals surface area contributed by atoms with Gasteiger partial charge in [0, 0.05) is 26.1 Å². The number of anilines is 1. The van der Waals surface area contributed by atoms with Crippen LogP contribution in [0, 0.1) is 0 Å². The molecule has 3 heterocycles. The van der Waals surface area contributed by atoms with Crippen molar-refractivity contribution in [1.82, 2.24) is 20.5 Å². The molecule has 11 heteroatoms. The summed E-state index contributed by atoms with van der Waals surface area (Å²) in [4.78, 5) is 40.4. The molecule has 3 N–H and O–H groups in total. The number of carbonyl (C=O) groups excluding carboxylic acids is 3. The maximum absolute atomic E-state index is 13.1. The van der Waals surface area contributed by atoms with Crippen LogP contribution in [0.5, 0.6) is 0 Å². The number of pyridine rings is 1. The molecule has 1 aromatic heterocycles. The molecule has 0 aliphatic carbocycles. The number of nitrogens with zero attached hydrogens (tertiary/aromatic N) is 2. The van der Waals surface area contributed by atoms with E-state index in [4.69, 9.17) is 0 Å². The SMILES string of the molecule is O=C1CCC(c2ccc(NC(=O)CN3CCNC[C@H]3C(F)(F)F)cn2)C(=O)N1. The zero-order chi connectivity index (χ0) is 20.3. The number of rotatable bonds is 4. The second-order valence-corrected chi connectivity index (χ2v) is 6.76. The van der Waals surface area contributed by atoms with Gasteiger partial charge >= 0.3 is 6.18 Å². The molecular formula is C17H20F3N5O3. The van der Waals surface area contributed by atoms with Gasteiger partial charge in [-0.15, -0.1) is 0 Å². The fourth-order valence-corrected chi connectivity index (χ4v) is 3.30. The second kappa shape index (κ2) is 8.23. The summed E-state index contributed by atoms with van der Waals surface area (Å²) >= 11 is 0. The molecule has 0 bridgehead atoms. The molecule has 0 spiro atoms. The fourth-order valence-electron chi connectivity index (χ4n) is 3.30. The predicted octanol–water partition coefficient (Wildman–Crippen LogP) is 0.376. The van der Waals surface area contributed by atoms with Crippen LogP contribution in [0.25, 0.3) is 0 Å². The highest BCUT2D eigenvalue weighted by Gasteiger charge is 2.45. The molecule has 2 aliphatic heterocycles. The number of alkyl halides is 3. The summed E-state index contributed by atoms with van der Waals surface area (Å²) in [6.45, 7) is -0.147. The highest BCUT2D eigenvalue weighted by Crippen LogP contribution is 2.26. The molecule has 3 rings (SSSR count). The van der Waals surface area contributed by atoms with Gasteiger partial charge in [-0.25, -0.2) is 0 Å². The predicted molar refractivity (Wildman–Crippen MR) is 92.3 cm³/mol. The Bertz CT molecular complexity index is 753. The summed E-state index contributed by atoms with van der Waals surface area (Å²) in [5, 5.41) is 7.45. The Hall–Kier alpha value is -2.53. The van der Waals surface area contributed by atoms with Gasteiger partial charge in [-0.05, 0) is 18.6 Å². The Balaban J connectivity index is 1.58. The van der Waals surface area contributed by atoms with E-state index in [0.29, 0.717) is 24.3 Å². The van der Waals surface area contributed by atoms with E-state index in [0.717, 1.165) is 4.90 Å². The quantitative estimate of drug-likeness (QED) is 0.633. The van der Waals surface area contributed by atoms with Gasteiger partial charge in [0.1, 0.15) is 6.04 Å². The van der Waals surface area contributed by atoms with Crippen molar-refractivity contribution in [3.05, 3.63) is 24.0 Å². The van der Waals surface area contributed by atoms with Gasteiger partial charge in [0.25, 0.3) is 0 Å². The molecule has 28 heavy (non-hydrogen) atoms. The van der Waals surface area contributed by atoms with Crippen LogP contribution in [0.3, 0.4) is 0 Å². The normalized spacial score (nSPS) is 24.0. The first-order valence-corrected chi connectivity index (χ1v) is 8.85. The van der Waals surface area contributed by atoms with E-state index in [1.54, 1.807) is 6.07 Å². The Morgan fingerprint density at radius 2 is 2.11 bits per heavy atom. The monoisotopic (exact) mass is 399 g/mol. The molecular weight excluding hydrogens is 379 g/mol. The van der Waals surface area contributed by atoms with E-state index in [2.05, 4.69) is 20.9 Å². The molecule has 8 nitrogen and oxygen atoms in total. The van der Waals surface area contributed by atoms with Crippen molar-refractivity contribution in [3.63, 3.8) is 0 Å². The molecule has 2 saturated heterocycles. The van der Waals surface area contributed by atoms with Gasteiger partial charge in [0.2, 0.25) is 17.7 Å². The third-order valence-corrected chi connectivity index (χ3v) is 4.75. The molecule has 2 aliphatic rings. The summed E-state index contributed by atoms with van der Waals surface area (Å²) in [7, 11) is 0. The minimum Gasteiger partial charge on any atom is -0.324 e. The second-order valence-electron chi connectivity index (χ2n) is 6.76. The van der Waals surface area contributed by atoms with Crippen molar-refractivity contribution in [3.8, 4) is 0 Å². The van der Waals surface area contributed by atoms with Crippen LogP contribution in [0.4, 0.5) is 18.9 Å². The Morgan fingerprint density at radius 1 is 1.32 bits per heavy atom. The molecule has 0 radical (unpaired) electrons. The number of amides is 3. The van der Waals surface area contributed by atoms with Crippen molar-refractivity contribution < 1.29 is 27.6 Å². The van der Waals surface area contributed by atoms with E-state index < -0.39 is 30.0 Å². The van der Waals surface area contributed by atoms with Crippen LogP contribution in [0.15, 0.2) is 18.3 Å². The number of imide groups is 1. The minimum absolute atomic E-state index is 0.115. The number of piperidine rings is 1. The van der Waals surface area contributed by atoms with Gasteiger partial charge in [0.15, 0.2) is 0 Å². The first-order chi connectivity index (χ1) is 13.2. The van der Waals surface area contributed by atoms with E-state index in [1.807, 2.05) is 0 Å². The van der Waals surface area contributed by atoms with Crippen LogP contribution in [0.2, 0.25) is 0 Å². The van der Waals surface area contributed by atoms with Gasteiger partial charge in [0.05, 0.1) is 30.0 Å². The number of piperazine rings is 1. The maximum atomic E-state index is 13.1. The van der Waals surface area contributed by atoms with E-state index in [-0.39, 0.29) is 32.0 Å². The molecule has 1 aromatic rings. The Kier molecular flexibility index (Phi) is 5.94. The van der Waals surface area contributed by atoms with Crippen LogP contribution in [0.1, 0.15) is 24.5 Å². The third kappa shape index (κ3) is 4.84. The first kappa shape index (κ1) is 20.2. The van der Waals surface area contributed by atoms with Gasteiger partial charge in [-0.3, -0.25) is 29.6 Å². The number of aromatic nitrogens is 1. The van der Waals surface area contributed by atoms with Crippen molar-refractivity contribution >= 4 is 23.4 Å². The molecule has 3 amide bonds. The highest BCUT2D eigenvalue weighted by atomic mass is 19.4. The van der Waals surface area contributed by atoms with Crippen LogP contribution in [-0.4, -0.2) is 66.0 Å². The van der Waals surface area contributed by atoms with Crippen LogP contribution in [-0.2, 0) is 14.4 Å². The molecule has 152 valence electrons. The Labute approximate surface area is 158 Å². The lowest BCUT2D eigenvalue weighted by molar-refractivity contribution is -0.187. The summed E-state index contributed by atoms with van der Waals surface area (Å²) in [6, 6.07) is 1.38. The maximum Gasteiger partial charge on any atom is 0.405 e. The fraction of sp³-hybridized carbons (Fsp3) is 0.529. The van der Waals surface area contributed by atoms with Gasteiger partial charge < -0.3 is 10.6 Å². The highest BCUT2D eigenvalue weighted by molar-refractivity contribution is 6.00. The largest absolute Gasteiger partial charge is 0.405 e. The number of hydrogen-bond donors (Lipinski definition) is 3. The lowest BCUT2D eigenvalue weighted by Crippen LogP contribution is -2.59. The average molecular weight is 399 g/mol. The molecule has 2 atom stereocenters. The number of halogens is 3. The Morgan fingerprint density at radius 3 is 2.75 bits per heavy atom. The molecule has 0 saturated carbocycles. The third-order valence-electron chi connectivity index (χ3n) is 4.75. The summed E-state index contributed by atoms with van der Waals surface area (Å²) in [5.41, 5.74) is 0.780. The van der Waals surface area contributed by atoms with Crippen molar-refractivity contribution in [2.45, 2.75) is 31.0 Å². The molecule has 1 unspecified atom stereocenters. The van der Waals surface area contributed by atoms with E-state index in [9.17, 15) is 27.6 Å². The smallest absolute Gasteiger partial charge is 0.324 e. The molecule has 2 fully saturated rings. The topological polar surface area (TPSA) is 103 Å². The standard InChI is InChI=1S/C17H20F3N5O3/c18-17(19,20)13-8-21-5-6-25(13)9-15(27)23-10-1-3-12(22-7-10)11-2-4-14(26)24-16(11)28/h1,3,7,11,13,21H,2,4-6,8-9H2,(H,23,27)(H,24,26,28)/t11?,13-/m0/s1. The summed E-state index contributed by atoms with van der Waals surface area (Å²) < 4.78 is 39.2. The van der Waals surface area contributed by atoms with E-state index >= 15 is 0 Å². The summed E-state index contributed by atoms with van der Waals surface area (Å²) in [6.07, 6.45) is -2.50. The minimum atomic E-state index is -4.42. The average Bonchev–Trinajstić information content (AvgIpc) is 2.62. The van der Waals surface area contributed by atoms with Gasteiger partial charge in [-0.2, -0.15) is 13.2 Å². The van der Waals surface area contributed by atoms with Crippen molar-refractivity contribution in [2.24, 2.45) is 0 Å². The van der Waals surface area contributed by atoms with Gasteiger partial charge in [-0.1, -0.05) is 0 Å². The van der Waals surface area contributed by atoms with E-state index in [1.165, 1.54) is 12.3 Å². The summed E-state index contributed by atoms with van der Waals surface area (Å²) in [5.74, 6) is -1.87. The first-order valence-electron chi connectivity index (χ1n) is 8.85. The number of nitrogens with one attached hydrogen (secondary N) is 3. The zero-order valence-electron chi connectivity index (χ0n) is 14.9. The lowest BCUT2D eigenvalue weighted by atomic mass is 9.94. The zero-order valence-corrected chi connectivity index (χ0v) is 14.9. The van der Waals surface area contributed by atoms with Crippen LogP contribution >= 0.6 is 0 Å². The number of hydrogen-bond acceptors (Lipinski definition) is 6. The molecule has 0 aromatic carbocycles.